The van der Waals surface area contributed by atoms with Gasteiger partial charge in [-0.3, -0.25) is 4.90 Å². The van der Waals surface area contributed by atoms with Gasteiger partial charge in [0.2, 0.25) is 0 Å². The Morgan fingerprint density at radius 2 is 1.84 bits per heavy atom. The van der Waals surface area contributed by atoms with Gasteiger partial charge in [0.15, 0.2) is 0 Å². The predicted molar refractivity (Wildman–Crippen MR) is 97.3 cm³/mol. The van der Waals surface area contributed by atoms with E-state index in [1.807, 2.05) is 12.1 Å². The summed E-state index contributed by atoms with van der Waals surface area (Å²) in [6.07, 6.45) is 0. The van der Waals surface area contributed by atoms with Gasteiger partial charge < -0.3 is 10.5 Å². The molecule has 0 aromatic heterocycles. The maximum absolute atomic E-state index is 12.3. The van der Waals surface area contributed by atoms with E-state index >= 15 is 0 Å². The van der Waals surface area contributed by atoms with Crippen molar-refractivity contribution in [3.63, 3.8) is 0 Å². The van der Waals surface area contributed by atoms with Crippen molar-refractivity contribution in [2.24, 2.45) is 11.7 Å². The molecule has 3 nitrogen and oxygen atoms in total. The molecule has 1 aliphatic rings. The second-order valence-electron chi connectivity index (χ2n) is 6.23. The molecular weight excluding hydrogens is 346 g/mol. The lowest BCUT2D eigenvalue weighted by Gasteiger charge is -2.17. The number of benzene rings is 2. The van der Waals surface area contributed by atoms with Crippen molar-refractivity contribution in [1.29, 1.82) is 0 Å². The first kappa shape index (κ1) is 19.6. The molecule has 1 aliphatic heterocycles. The average molecular weight is 369 g/mol. The summed E-state index contributed by atoms with van der Waals surface area (Å²) in [7, 11) is 0. The van der Waals surface area contributed by atoms with Crippen LogP contribution in [0.4, 0.5) is 8.78 Å². The highest BCUT2D eigenvalue weighted by molar-refractivity contribution is 5.85. The summed E-state index contributed by atoms with van der Waals surface area (Å²) in [5.74, 6) is 1.03. The molecule has 0 spiro atoms. The van der Waals surface area contributed by atoms with Crippen LogP contribution >= 0.6 is 12.4 Å². The van der Waals surface area contributed by atoms with E-state index in [0.717, 1.165) is 18.7 Å². The zero-order chi connectivity index (χ0) is 16.9. The molecule has 0 amide bonds. The van der Waals surface area contributed by atoms with Gasteiger partial charge in [-0.1, -0.05) is 42.5 Å². The van der Waals surface area contributed by atoms with Crippen LogP contribution in [0.5, 0.6) is 5.75 Å². The van der Waals surface area contributed by atoms with Gasteiger partial charge in [-0.25, -0.2) is 0 Å². The molecule has 2 aromatic rings. The van der Waals surface area contributed by atoms with Crippen LogP contribution in [0, 0.1) is 5.92 Å². The number of hydrogen-bond acceptors (Lipinski definition) is 3. The highest BCUT2D eigenvalue weighted by Crippen LogP contribution is 2.33. The fraction of sp³-hybridized carbons (Fsp3) is 0.368. The number of ether oxygens (including phenoxy) is 1. The maximum atomic E-state index is 12.3. The van der Waals surface area contributed by atoms with Crippen molar-refractivity contribution < 1.29 is 13.5 Å². The summed E-state index contributed by atoms with van der Waals surface area (Å²) in [5, 5.41) is 0. The Balaban J connectivity index is 0.00000225. The molecule has 25 heavy (non-hydrogen) atoms. The topological polar surface area (TPSA) is 38.5 Å². The van der Waals surface area contributed by atoms with Crippen LogP contribution in [0.15, 0.2) is 54.6 Å². The summed E-state index contributed by atoms with van der Waals surface area (Å²) in [6.45, 7) is 0.392. The lowest BCUT2D eigenvalue weighted by Crippen LogP contribution is -2.23. The van der Waals surface area contributed by atoms with Crippen LogP contribution in [0.2, 0.25) is 0 Å². The SMILES string of the molecule is Cl.NC[C@@H]1CN(Cc2cccc(OC(F)F)c2)C[C@H]1c1ccccc1. The molecule has 6 heteroatoms. The fourth-order valence-corrected chi connectivity index (χ4v) is 3.48. The van der Waals surface area contributed by atoms with E-state index in [1.54, 1.807) is 18.2 Å². The summed E-state index contributed by atoms with van der Waals surface area (Å²) in [6, 6.07) is 17.3. The molecule has 0 aliphatic carbocycles. The zero-order valence-corrected chi connectivity index (χ0v) is 14.7. The smallest absolute Gasteiger partial charge is 0.387 e. The third-order valence-electron chi connectivity index (χ3n) is 4.58. The van der Waals surface area contributed by atoms with Gasteiger partial charge in [0.05, 0.1) is 0 Å². The van der Waals surface area contributed by atoms with Gasteiger partial charge in [0, 0.05) is 25.6 Å². The molecule has 2 atom stereocenters. The minimum atomic E-state index is -2.80. The first-order valence-corrected chi connectivity index (χ1v) is 8.17. The number of rotatable bonds is 6. The second-order valence-corrected chi connectivity index (χ2v) is 6.23. The minimum absolute atomic E-state index is 0. The van der Waals surface area contributed by atoms with Gasteiger partial charge in [-0.05, 0) is 35.7 Å². The molecule has 0 unspecified atom stereocenters. The fourth-order valence-electron chi connectivity index (χ4n) is 3.48. The van der Waals surface area contributed by atoms with Crippen molar-refractivity contribution >= 4 is 12.4 Å². The molecule has 136 valence electrons. The summed E-state index contributed by atoms with van der Waals surface area (Å²) in [5.41, 5.74) is 8.25. The lowest BCUT2D eigenvalue weighted by molar-refractivity contribution is -0.0499. The molecule has 1 saturated heterocycles. The Hall–Kier alpha value is -1.69. The largest absolute Gasteiger partial charge is 0.435 e. The second kappa shape index (κ2) is 9.13. The van der Waals surface area contributed by atoms with Crippen LogP contribution in [-0.4, -0.2) is 31.1 Å². The molecule has 0 bridgehead atoms. The Bertz CT molecular complexity index is 657. The zero-order valence-electron chi connectivity index (χ0n) is 13.9. The van der Waals surface area contributed by atoms with Crippen molar-refractivity contribution in [2.45, 2.75) is 19.1 Å². The molecule has 2 N–H and O–H groups in total. The van der Waals surface area contributed by atoms with Crippen molar-refractivity contribution in [3.8, 4) is 5.75 Å². The van der Waals surface area contributed by atoms with Gasteiger partial charge in [-0.2, -0.15) is 8.78 Å². The monoisotopic (exact) mass is 368 g/mol. The molecule has 1 fully saturated rings. The summed E-state index contributed by atoms with van der Waals surface area (Å²) >= 11 is 0. The Labute approximate surface area is 153 Å². The van der Waals surface area contributed by atoms with Crippen LogP contribution in [0.1, 0.15) is 17.0 Å². The molecule has 0 saturated carbocycles. The van der Waals surface area contributed by atoms with E-state index < -0.39 is 6.61 Å². The number of nitrogens with zero attached hydrogens (tertiary/aromatic N) is 1. The molecule has 1 heterocycles. The quantitative estimate of drug-likeness (QED) is 0.840. The summed E-state index contributed by atoms with van der Waals surface area (Å²) in [4.78, 5) is 2.33. The first-order chi connectivity index (χ1) is 11.7. The van der Waals surface area contributed by atoms with Gasteiger partial charge >= 0.3 is 6.61 Å². The maximum Gasteiger partial charge on any atom is 0.387 e. The predicted octanol–water partition coefficient (Wildman–Crippen LogP) is 3.88. The van der Waals surface area contributed by atoms with Gasteiger partial charge in [-0.15, -0.1) is 12.4 Å². The number of hydrogen-bond donors (Lipinski definition) is 1. The standard InChI is InChI=1S/C19H22F2N2O.ClH/c20-19(21)24-17-8-4-5-14(9-17)11-23-12-16(10-22)18(13-23)15-6-2-1-3-7-15;/h1-9,16,18-19H,10-13,22H2;1H/t16-,18+;/m1./s1. The first-order valence-electron chi connectivity index (χ1n) is 8.17. The average Bonchev–Trinajstić information content (AvgIpc) is 2.98. The van der Waals surface area contributed by atoms with E-state index in [2.05, 4.69) is 33.9 Å². The van der Waals surface area contributed by atoms with E-state index in [-0.39, 0.29) is 18.2 Å². The van der Waals surface area contributed by atoms with Crippen molar-refractivity contribution in [2.75, 3.05) is 19.6 Å². The third kappa shape index (κ3) is 5.14. The molecular formula is C19H23ClF2N2O. The summed E-state index contributed by atoms with van der Waals surface area (Å²) < 4.78 is 29.2. The van der Waals surface area contributed by atoms with E-state index in [1.165, 1.54) is 5.56 Å². The highest BCUT2D eigenvalue weighted by Gasteiger charge is 2.32. The Kier molecular flexibility index (Phi) is 7.17. The van der Waals surface area contributed by atoms with E-state index in [0.29, 0.717) is 24.9 Å². The van der Waals surface area contributed by atoms with Crippen LogP contribution in [-0.2, 0) is 6.54 Å². The third-order valence-corrected chi connectivity index (χ3v) is 4.58. The number of nitrogens with two attached hydrogens (primary N) is 1. The minimum Gasteiger partial charge on any atom is -0.435 e. The van der Waals surface area contributed by atoms with Crippen molar-refractivity contribution in [3.05, 3.63) is 65.7 Å². The molecule has 3 rings (SSSR count). The molecule has 0 radical (unpaired) electrons. The highest BCUT2D eigenvalue weighted by atomic mass is 35.5. The Morgan fingerprint density at radius 1 is 1.08 bits per heavy atom. The van der Waals surface area contributed by atoms with Crippen molar-refractivity contribution in [1.82, 2.24) is 4.90 Å². The van der Waals surface area contributed by atoms with E-state index in [4.69, 9.17) is 5.73 Å². The van der Waals surface area contributed by atoms with E-state index in [9.17, 15) is 8.78 Å². The van der Waals surface area contributed by atoms with Gasteiger partial charge in [0.1, 0.15) is 5.75 Å². The normalized spacial score (nSPS) is 20.5. The molecule has 2 aromatic carbocycles. The lowest BCUT2D eigenvalue weighted by atomic mass is 9.89. The van der Waals surface area contributed by atoms with Gasteiger partial charge in [0.25, 0.3) is 0 Å². The van der Waals surface area contributed by atoms with Crippen LogP contribution in [0.3, 0.4) is 0 Å². The number of halogens is 3. The van der Waals surface area contributed by atoms with Crippen LogP contribution < -0.4 is 10.5 Å². The number of alkyl halides is 2. The van der Waals surface area contributed by atoms with Crippen LogP contribution in [0.25, 0.3) is 0 Å². The number of likely N-dealkylation sites (tertiary alicyclic amines) is 1. The Morgan fingerprint density at radius 3 is 2.52 bits per heavy atom.